The minimum atomic E-state index is 0.236. The largest absolute Gasteiger partial charge is 0.396 e. The summed E-state index contributed by atoms with van der Waals surface area (Å²) in [4.78, 5) is 16.0. The van der Waals surface area contributed by atoms with Crippen molar-refractivity contribution in [3.63, 3.8) is 0 Å². The van der Waals surface area contributed by atoms with Gasteiger partial charge in [0.25, 0.3) is 0 Å². The zero-order valence-electron chi connectivity index (χ0n) is 10.5. The van der Waals surface area contributed by atoms with Gasteiger partial charge in [0.1, 0.15) is 0 Å². The Hall–Kier alpha value is -0.610. The average Bonchev–Trinajstić information content (AvgIpc) is 2.22. The van der Waals surface area contributed by atoms with E-state index >= 15 is 0 Å². The van der Waals surface area contributed by atoms with Gasteiger partial charge in [-0.15, -0.1) is 0 Å². The molecule has 1 aliphatic heterocycles. The lowest BCUT2D eigenvalue weighted by Gasteiger charge is -2.38. The monoisotopic (exact) mass is 228 g/mol. The second-order valence-electron chi connectivity index (χ2n) is 4.62. The van der Waals surface area contributed by atoms with Crippen LogP contribution in [0.1, 0.15) is 26.7 Å². The van der Waals surface area contributed by atoms with E-state index in [1.54, 1.807) is 0 Å². The Bertz CT molecular complexity index is 209. The highest BCUT2D eigenvalue weighted by molar-refractivity contribution is 5.78. The number of aliphatic hydroxyl groups is 1. The zero-order valence-corrected chi connectivity index (χ0v) is 10.5. The fraction of sp³-hybridized carbons (Fsp3) is 0.917. The number of likely N-dealkylation sites (tertiary alicyclic amines) is 1. The molecule has 0 aliphatic carbocycles. The molecular formula is C12H24N2O2. The van der Waals surface area contributed by atoms with Crippen molar-refractivity contribution in [1.29, 1.82) is 0 Å². The maximum absolute atomic E-state index is 11.9. The maximum Gasteiger partial charge on any atom is 0.236 e. The fourth-order valence-electron chi connectivity index (χ4n) is 2.11. The Labute approximate surface area is 98.2 Å². The molecule has 0 aromatic rings. The average molecular weight is 228 g/mol. The van der Waals surface area contributed by atoms with Gasteiger partial charge in [0.05, 0.1) is 6.54 Å². The molecule has 0 bridgehead atoms. The summed E-state index contributed by atoms with van der Waals surface area (Å²) in [7, 11) is 0. The third-order valence-electron chi connectivity index (χ3n) is 2.99. The standard InChI is InChI=1S/C12H24N2O2/c1-3-5-14(6-4-2)12(16)9-13-7-11(8-13)10-15/h11,15H,3-10H2,1-2H3. The lowest BCUT2D eigenvalue weighted by atomic mass is 10.0. The summed E-state index contributed by atoms with van der Waals surface area (Å²) in [6.45, 7) is 8.44. The van der Waals surface area contributed by atoms with E-state index < -0.39 is 0 Å². The van der Waals surface area contributed by atoms with Gasteiger partial charge in [0.15, 0.2) is 0 Å². The van der Waals surface area contributed by atoms with E-state index in [9.17, 15) is 4.79 Å². The first kappa shape index (κ1) is 13.5. The van der Waals surface area contributed by atoms with Crippen LogP contribution in [0.5, 0.6) is 0 Å². The molecule has 0 atom stereocenters. The molecule has 1 saturated heterocycles. The number of nitrogens with zero attached hydrogens (tertiary/aromatic N) is 2. The molecule has 0 spiro atoms. The number of carbonyl (C=O) groups excluding carboxylic acids is 1. The van der Waals surface area contributed by atoms with Gasteiger partial charge in [-0.1, -0.05) is 13.8 Å². The SMILES string of the molecule is CCCN(CCC)C(=O)CN1CC(CO)C1. The Kier molecular flexibility index (Phi) is 5.77. The number of rotatable bonds is 7. The Balaban J connectivity index is 2.26. The molecule has 1 amide bonds. The summed E-state index contributed by atoms with van der Waals surface area (Å²) in [5.41, 5.74) is 0. The van der Waals surface area contributed by atoms with Crippen LogP contribution in [0.25, 0.3) is 0 Å². The van der Waals surface area contributed by atoms with E-state index in [1.807, 2.05) is 4.90 Å². The third kappa shape index (κ3) is 3.76. The van der Waals surface area contributed by atoms with Crippen molar-refractivity contribution < 1.29 is 9.90 Å². The van der Waals surface area contributed by atoms with Crippen LogP contribution < -0.4 is 0 Å². The van der Waals surface area contributed by atoms with Crippen LogP contribution in [0.4, 0.5) is 0 Å². The second kappa shape index (κ2) is 6.86. The van der Waals surface area contributed by atoms with Crippen molar-refractivity contribution in [2.75, 3.05) is 39.3 Å². The summed E-state index contributed by atoms with van der Waals surface area (Å²) in [5.74, 6) is 0.624. The van der Waals surface area contributed by atoms with Gasteiger partial charge in [-0.2, -0.15) is 0 Å². The summed E-state index contributed by atoms with van der Waals surface area (Å²) in [6, 6.07) is 0. The van der Waals surface area contributed by atoms with Gasteiger partial charge in [-0.3, -0.25) is 9.69 Å². The highest BCUT2D eigenvalue weighted by atomic mass is 16.3. The number of hydrogen-bond acceptors (Lipinski definition) is 3. The van der Waals surface area contributed by atoms with Crippen LogP contribution in [-0.4, -0.2) is 60.1 Å². The summed E-state index contributed by atoms with van der Waals surface area (Å²) >= 11 is 0. The molecule has 1 heterocycles. The van der Waals surface area contributed by atoms with Gasteiger partial charge in [0, 0.05) is 38.7 Å². The zero-order chi connectivity index (χ0) is 12.0. The molecule has 1 fully saturated rings. The Morgan fingerprint density at radius 1 is 1.31 bits per heavy atom. The second-order valence-corrected chi connectivity index (χ2v) is 4.62. The molecule has 4 nitrogen and oxygen atoms in total. The first-order valence-electron chi connectivity index (χ1n) is 6.32. The molecule has 0 unspecified atom stereocenters. The van der Waals surface area contributed by atoms with Crippen LogP contribution in [0.2, 0.25) is 0 Å². The number of hydrogen-bond donors (Lipinski definition) is 1. The highest BCUT2D eigenvalue weighted by Gasteiger charge is 2.28. The molecule has 1 aliphatic rings. The van der Waals surface area contributed by atoms with E-state index in [1.165, 1.54) is 0 Å². The minimum absolute atomic E-state index is 0.236. The maximum atomic E-state index is 11.9. The fourth-order valence-corrected chi connectivity index (χ4v) is 2.11. The molecular weight excluding hydrogens is 204 g/mol. The lowest BCUT2D eigenvalue weighted by Crippen LogP contribution is -2.52. The molecule has 0 radical (unpaired) electrons. The Morgan fingerprint density at radius 2 is 1.88 bits per heavy atom. The van der Waals surface area contributed by atoms with Crippen molar-refractivity contribution >= 4 is 5.91 Å². The predicted molar refractivity (Wildman–Crippen MR) is 64.2 cm³/mol. The molecule has 0 aromatic carbocycles. The van der Waals surface area contributed by atoms with Crippen LogP contribution in [0, 0.1) is 5.92 Å². The van der Waals surface area contributed by atoms with Crippen LogP contribution >= 0.6 is 0 Å². The number of aliphatic hydroxyl groups excluding tert-OH is 1. The van der Waals surface area contributed by atoms with E-state index in [2.05, 4.69) is 18.7 Å². The van der Waals surface area contributed by atoms with E-state index in [0.717, 1.165) is 39.0 Å². The van der Waals surface area contributed by atoms with Crippen LogP contribution in [0.3, 0.4) is 0 Å². The lowest BCUT2D eigenvalue weighted by molar-refractivity contribution is -0.134. The predicted octanol–water partition coefficient (Wildman–Crippen LogP) is 0.559. The summed E-state index contributed by atoms with van der Waals surface area (Å²) < 4.78 is 0. The molecule has 1 rings (SSSR count). The van der Waals surface area contributed by atoms with Gasteiger partial charge in [-0.25, -0.2) is 0 Å². The van der Waals surface area contributed by atoms with Crippen molar-refractivity contribution in [1.82, 2.24) is 9.80 Å². The minimum Gasteiger partial charge on any atom is -0.396 e. The van der Waals surface area contributed by atoms with Crippen molar-refractivity contribution in [3.05, 3.63) is 0 Å². The van der Waals surface area contributed by atoms with Gasteiger partial charge in [-0.05, 0) is 12.8 Å². The smallest absolute Gasteiger partial charge is 0.236 e. The number of amides is 1. The molecule has 0 saturated carbocycles. The molecule has 4 heteroatoms. The number of carbonyl (C=O) groups is 1. The van der Waals surface area contributed by atoms with Gasteiger partial charge < -0.3 is 10.0 Å². The molecule has 94 valence electrons. The van der Waals surface area contributed by atoms with Crippen molar-refractivity contribution in [2.24, 2.45) is 5.92 Å². The summed E-state index contributed by atoms with van der Waals surface area (Å²) in [5, 5.41) is 8.89. The topological polar surface area (TPSA) is 43.8 Å². The molecule has 0 aromatic heterocycles. The van der Waals surface area contributed by atoms with E-state index in [0.29, 0.717) is 12.5 Å². The summed E-state index contributed by atoms with van der Waals surface area (Å²) in [6.07, 6.45) is 2.04. The molecule has 1 N–H and O–H groups in total. The van der Waals surface area contributed by atoms with E-state index in [4.69, 9.17) is 5.11 Å². The van der Waals surface area contributed by atoms with E-state index in [-0.39, 0.29) is 12.5 Å². The quantitative estimate of drug-likeness (QED) is 0.692. The van der Waals surface area contributed by atoms with Crippen molar-refractivity contribution in [3.8, 4) is 0 Å². The van der Waals surface area contributed by atoms with Crippen LogP contribution in [-0.2, 0) is 4.79 Å². The Morgan fingerprint density at radius 3 is 2.31 bits per heavy atom. The van der Waals surface area contributed by atoms with Gasteiger partial charge >= 0.3 is 0 Å². The van der Waals surface area contributed by atoms with Gasteiger partial charge in [0.2, 0.25) is 5.91 Å². The highest BCUT2D eigenvalue weighted by Crippen LogP contribution is 2.14. The van der Waals surface area contributed by atoms with Crippen molar-refractivity contribution in [2.45, 2.75) is 26.7 Å². The first-order chi connectivity index (χ1) is 7.71. The van der Waals surface area contributed by atoms with Crippen LogP contribution in [0.15, 0.2) is 0 Å². The first-order valence-corrected chi connectivity index (χ1v) is 6.32. The normalized spacial score (nSPS) is 17.2. The third-order valence-corrected chi connectivity index (χ3v) is 2.99. The molecule has 16 heavy (non-hydrogen) atoms.